The van der Waals surface area contributed by atoms with Crippen molar-refractivity contribution in [2.45, 2.75) is 0 Å². The summed E-state index contributed by atoms with van der Waals surface area (Å²) >= 11 is 2.15. The van der Waals surface area contributed by atoms with Crippen molar-refractivity contribution in [2.75, 3.05) is 0 Å². The molecule has 1 aromatic heterocycles. The molecule has 13 heavy (non-hydrogen) atoms. The van der Waals surface area contributed by atoms with Crippen LogP contribution in [0.2, 0.25) is 0 Å². The van der Waals surface area contributed by atoms with Crippen LogP contribution in [0.3, 0.4) is 0 Å². The first kappa shape index (κ1) is 8.55. The molecule has 2 N–H and O–H groups in total. The summed E-state index contributed by atoms with van der Waals surface area (Å²) in [6.45, 7) is 0. The highest BCUT2D eigenvalue weighted by molar-refractivity contribution is 14.1. The lowest BCUT2D eigenvalue weighted by atomic mass is 10.2. The van der Waals surface area contributed by atoms with E-state index >= 15 is 0 Å². The van der Waals surface area contributed by atoms with Gasteiger partial charge in [0.05, 0.1) is 0 Å². The second-order valence-electron chi connectivity index (χ2n) is 2.71. The summed E-state index contributed by atoms with van der Waals surface area (Å²) in [4.78, 5) is 13.3. The Balaban J connectivity index is 2.95. The highest BCUT2D eigenvalue weighted by atomic mass is 127. The second kappa shape index (κ2) is 3.02. The summed E-state index contributed by atoms with van der Waals surface area (Å²) in [5, 5.41) is 10.8. The molecule has 0 fully saturated rings. The number of nitrogens with one attached hydrogen (secondary N) is 1. The third kappa shape index (κ3) is 1.53. The lowest BCUT2D eigenvalue weighted by molar-refractivity contribution is 0.459. The number of aromatic hydroxyl groups is 1. The van der Waals surface area contributed by atoms with E-state index in [-0.39, 0.29) is 11.4 Å². The van der Waals surface area contributed by atoms with E-state index in [4.69, 9.17) is 0 Å². The quantitative estimate of drug-likeness (QED) is 0.726. The minimum atomic E-state index is -0.286. The topological polar surface area (TPSA) is 53.1 Å². The number of rotatable bonds is 0. The number of benzene rings is 1. The standard InChI is InChI=1S/C9H6INO2/c10-6-2-1-5-3-8(12)11-9(13)7(5)4-6/h1-4H,(H2,11,12,13). The van der Waals surface area contributed by atoms with Crippen molar-refractivity contribution in [1.82, 2.24) is 4.98 Å². The Hall–Kier alpha value is -1.04. The number of aromatic amines is 1. The lowest BCUT2D eigenvalue weighted by Gasteiger charge is -1.99. The summed E-state index contributed by atoms with van der Waals surface area (Å²) in [6.07, 6.45) is 0. The minimum Gasteiger partial charge on any atom is -0.494 e. The van der Waals surface area contributed by atoms with Crippen molar-refractivity contribution in [1.29, 1.82) is 0 Å². The second-order valence-corrected chi connectivity index (χ2v) is 3.96. The number of fused-ring (bicyclic) bond motifs is 1. The van der Waals surface area contributed by atoms with Gasteiger partial charge < -0.3 is 5.11 Å². The molecule has 4 heteroatoms. The molecule has 66 valence electrons. The van der Waals surface area contributed by atoms with E-state index in [1.54, 1.807) is 0 Å². The molecule has 0 radical (unpaired) electrons. The molecule has 2 rings (SSSR count). The molecular formula is C9H6INO2. The van der Waals surface area contributed by atoms with Gasteiger partial charge in [0.1, 0.15) is 0 Å². The molecule has 0 aliphatic heterocycles. The average molecular weight is 287 g/mol. The predicted molar refractivity (Wildman–Crippen MR) is 59.0 cm³/mol. The average Bonchev–Trinajstić information content (AvgIpc) is 2.06. The first-order chi connectivity index (χ1) is 6.16. The van der Waals surface area contributed by atoms with E-state index in [2.05, 4.69) is 27.6 Å². The van der Waals surface area contributed by atoms with Gasteiger partial charge in [-0.2, -0.15) is 0 Å². The van der Waals surface area contributed by atoms with Crippen molar-refractivity contribution in [3.63, 3.8) is 0 Å². The van der Waals surface area contributed by atoms with Crippen LogP contribution >= 0.6 is 22.6 Å². The molecule has 0 saturated heterocycles. The van der Waals surface area contributed by atoms with E-state index in [1.165, 1.54) is 6.07 Å². The van der Waals surface area contributed by atoms with Crippen molar-refractivity contribution in [2.24, 2.45) is 0 Å². The molecular weight excluding hydrogens is 281 g/mol. The fraction of sp³-hybridized carbons (Fsp3) is 0. The Kier molecular flexibility index (Phi) is 1.99. The van der Waals surface area contributed by atoms with Gasteiger partial charge in [0, 0.05) is 15.0 Å². The maximum absolute atomic E-state index is 11.0. The molecule has 0 atom stereocenters. The number of hydrogen-bond acceptors (Lipinski definition) is 2. The Morgan fingerprint density at radius 1 is 1.31 bits per heavy atom. The molecule has 1 aromatic carbocycles. The molecule has 0 amide bonds. The van der Waals surface area contributed by atoms with Crippen molar-refractivity contribution >= 4 is 33.4 Å². The van der Waals surface area contributed by atoms with Crippen molar-refractivity contribution in [3.8, 4) is 5.88 Å². The van der Waals surface area contributed by atoms with Gasteiger partial charge in [-0.25, -0.2) is 0 Å². The van der Waals surface area contributed by atoms with Crippen LogP contribution in [-0.2, 0) is 0 Å². The summed E-state index contributed by atoms with van der Waals surface area (Å²) < 4.78 is 1.02. The largest absolute Gasteiger partial charge is 0.494 e. The van der Waals surface area contributed by atoms with Gasteiger partial charge in [-0.15, -0.1) is 0 Å². The number of H-pyrrole nitrogens is 1. The van der Waals surface area contributed by atoms with Crippen LogP contribution in [0.1, 0.15) is 0 Å². The van der Waals surface area contributed by atoms with Crippen LogP contribution in [0, 0.1) is 3.57 Å². The monoisotopic (exact) mass is 287 g/mol. The molecule has 0 bridgehead atoms. The van der Waals surface area contributed by atoms with Crippen LogP contribution in [-0.4, -0.2) is 10.1 Å². The van der Waals surface area contributed by atoms with Gasteiger partial charge >= 0.3 is 0 Å². The van der Waals surface area contributed by atoms with Crippen LogP contribution in [0.4, 0.5) is 0 Å². The molecule has 3 nitrogen and oxygen atoms in total. The van der Waals surface area contributed by atoms with Crippen LogP contribution in [0.15, 0.2) is 29.1 Å². The SMILES string of the molecule is O=c1cc2ccc(I)cc2c(O)[nH]1. The molecule has 0 unspecified atom stereocenters. The Morgan fingerprint density at radius 2 is 2.08 bits per heavy atom. The van der Waals surface area contributed by atoms with Crippen molar-refractivity contribution < 1.29 is 5.11 Å². The summed E-state index contributed by atoms with van der Waals surface area (Å²) in [7, 11) is 0. The Labute approximate surface area is 87.6 Å². The molecule has 0 aliphatic rings. The van der Waals surface area contributed by atoms with Crippen LogP contribution in [0.5, 0.6) is 5.88 Å². The first-order valence-electron chi connectivity index (χ1n) is 3.68. The molecule has 0 saturated carbocycles. The molecule has 2 aromatic rings. The van der Waals surface area contributed by atoms with E-state index in [0.717, 1.165) is 8.96 Å². The number of hydrogen-bond donors (Lipinski definition) is 2. The third-order valence-corrected chi connectivity index (χ3v) is 2.47. The summed E-state index contributed by atoms with van der Waals surface area (Å²) in [5.74, 6) is -0.0685. The van der Waals surface area contributed by atoms with E-state index in [1.807, 2.05) is 18.2 Å². The van der Waals surface area contributed by atoms with Gasteiger partial charge in [0.2, 0.25) is 0 Å². The highest BCUT2D eigenvalue weighted by Gasteiger charge is 2.01. The van der Waals surface area contributed by atoms with Crippen LogP contribution in [0.25, 0.3) is 10.8 Å². The van der Waals surface area contributed by atoms with E-state index < -0.39 is 0 Å². The normalized spacial score (nSPS) is 10.5. The van der Waals surface area contributed by atoms with E-state index in [0.29, 0.717) is 5.39 Å². The predicted octanol–water partition coefficient (Wildman–Crippen LogP) is 1.84. The fourth-order valence-corrected chi connectivity index (χ4v) is 1.71. The number of pyridine rings is 1. The Morgan fingerprint density at radius 3 is 2.85 bits per heavy atom. The Bertz CT molecular complexity index is 518. The molecule has 0 aliphatic carbocycles. The number of halogens is 1. The lowest BCUT2D eigenvalue weighted by Crippen LogP contribution is -2.02. The number of aromatic nitrogens is 1. The third-order valence-electron chi connectivity index (χ3n) is 1.80. The van der Waals surface area contributed by atoms with Gasteiger partial charge in [-0.1, -0.05) is 6.07 Å². The van der Waals surface area contributed by atoms with Crippen LogP contribution < -0.4 is 5.56 Å². The van der Waals surface area contributed by atoms with E-state index in [9.17, 15) is 9.90 Å². The molecule has 1 heterocycles. The minimum absolute atomic E-state index is 0.0685. The van der Waals surface area contributed by atoms with Gasteiger partial charge in [-0.05, 0) is 40.1 Å². The van der Waals surface area contributed by atoms with Gasteiger partial charge in [0.25, 0.3) is 5.56 Å². The summed E-state index contributed by atoms with van der Waals surface area (Å²) in [6, 6.07) is 6.99. The molecule has 0 spiro atoms. The first-order valence-corrected chi connectivity index (χ1v) is 4.76. The maximum atomic E-state index is 11.0. The van der Waals surface area contributed by atoms with Crippen molar-refractivity contribution in [3.05, 3.63) is 38.2 Å². The summed E-state index contributed by atoms with van der Waals surface area (Å²) in [5.41, 5.74) is -0.286. The zero-order valence-electron chi connectivity index (χ0n) is 6.54. The zero-order chi connectivity index (χ0) is 9.42. The maximum Gasteiger partial charge on any atom is 0.251 e. The highest BCUT2D eigenvalue weighted by Crippen LogP contribution is 2.21. The van der Waals surface area contributed by atoms with Gasteiger partial charge in [-0.3, -0.25) is 9.78 Å². The smallest absolute Gasteiger partial charge is 0.251 e. The fourth-order valence-electron chi connectivity index (χ4n) is 1.22. The van der Waals surface area contributed by atoms with Gasteiger partial charge in [0.15, 0.2) is 5.88 Å². The zero-order valence-corrected chi connectivity index (χ0v) is 8.70.